The van der Waals surface area contributed by atoms with Crippen LogP contribution >= 0.6 is 0 Å². The molecule has 30 heavy (non-hydrogen) atoms. The van der Waals surface area contributed by atoms with Gasteiger partial charge >= 0.3 is 0 Å². The van der Waals surface area contributed by atoms with E-state index in [0.29, 0.717) is 24.3 Å². The van der Waals surface area contributed by atoms with E-state index >= 15 is 0 Å². The lowest BCUT2D eigenvalue weighted by Gasteiger charge is -2.32. The van der Waals surface area contributed by atoms with Gasteiger partial charge in [-0.25, -0.2) is 0 Å². The van der Waals surface area contributed by atoms with Crippen LogP contribution < -0.4 is 19.7 Å². The molecule has 1 N–H and O–H groups in total. The lowest BCUT2D eigenvalue weighted by molar-refractivity contribution is -0.121. The monoisotopic (exact) mass is 410 g/mol. The topological polar surface area (TPSA) is 50.8 Å². The third-order valence-electron chi connectivity index (χ3n) is 6.01. The number of aryl methyl sites for hydroxylation is 1. The maximum Gasteiger partial charge on any atom is 0.220 e. The van der Waals surface area contributed by atoms with E-state index in [1.807, 2.05) is 25.1 Å². The lowest BCUT2D eigenvalue weighted by Crippen LogP contribution is -2.32. The van der Waals surface area contributed by atoms with Gasteiger partial charge in [0.1, 0.15) is 0 Å². The van der Waals surface area contributed by atoms with Crippen molar-refractivity contribution in [1.82, 2.24) is 5.32 Å². The molecule has 1 aliphatic rings. The minimum atomic E-state index is -0.0154. The van der Waals surface area contributed by atoms with Crippen molar-refractivity contribution in [2.24, 2.45) is 5.92 Å². The van der Waals surface area contributed by atoms with Crippen molar-refractivity contribution in [3.8, 4) is 11.5 Å². The Balaban J connectivity index is 1.50. The second-order valence-electron chi connectivity index (χ2n) is 8.24. The largest absolute Gasteiger partial charge is 0.493 e. The predicted molar refractivity (Wildman–Crippen MR) is 121 cm³/mol. The summed E-state index contributed by atoms with van der Waals surface area (Å²) in [4.78, 5) is 14.9. The Hall–Kier alpha value is -2.69. The highest BCUT2D eigenvalue weighted by molar-refractivity contribution is 5.76. The molecule has 0 aliphatic carbocycles. The van der Waals surface area contributed by atoms with Gasteiger partial charge in [0, 0.05) is 25.2 Å². The van der Waals surface area contributed by atoms with Crippen LogP contribution in [0.4, 0.5) is 5.69 Å². The van der Waals surface area contributed by atoms with Gasteiger partial charge in [0.2, 0.25) is 5.91 Å². The summed E-state index contributed by atoms with van der Waals surface area (Å²) in [5, 5.41) is 3.11. The maximum atomic E-state index is 12.4. The van der Waals surface area contributed by atoms with Crippen LogP contribution in [0.5, 0.6) is 11.5 Å². The van der Waals surface area contributed by atoms with E-state index in [-0.39, 0.29) is 11.9 Å². The second-order valence-corrected chi connectivity index (χ2v) is 8.24. The van der Waals surface area contributed by atoms with Crippen molar-refractivity contribution < 1.29 is 14.3 Å². The molecule has 0 spiro atoms. The number of benzene rings is 2. The number of hydrogen-bond donors (Lipinski definition) is 1. The van der Waals surface area contributed by atoms with Gasteiger partial charge < -0.3 is 19.7 Å². The number of ether oxygens (including phenoxy) is 2. The summed E-state index contributed by atoms with van der Waals surface area (Å²) in [5.41, 5.74) is 3.46. The first-order valence-corrected chi connectivity index (χ1v) is 10.8. The Labute approximate surface area is 180 Å². The number of nitrogens with one attached hydrogen (secondary N) is 1. The highest BCUT2D eigenvalue weighted by atomic mass is 16.5. The Morgan fingerprint density at radius 1 is 1.07 bits per heavy atom. The molecule has 1 saturated heterocycles. The SMILES string of the molecule is COc1ccc(CCC(=O)N[C@@H](C)c2ccc(N3CCC(C)CC3)cc2)cc1OC. The van der Waals surface area contributed by atoms with Crippen LogP contribution in [-0.2, 0) is 11.2 Å². The molecule has 1 atom stereocenters. The zero-order chi connectivity index (χ0) is 21.5. The van der Waals surface area contributed by atoms with Gasteiger partial charge in [-0.1, -0.05) is 25.1 Å². The zero-order valence-electron chi connectivity index (χ0n) is 18.6. The van der Waals surface area contributed by atoms with Gasteiger partial charge in [0.15, 0.2) is 11.5 Å². The smallest absolute Gasteiger partial charge is 0.220 e. The predicted octanol–water partition coefficient (Wildman–Crippen LogP) is 4.75. The zero-order valence-corrected chi connectivity index (χ0v) is 18.6. The third kappa shape index (κ3) is 5.68. The molecule has 1 fully saturated rings. The lowest BCUT2D eigenvalue weighted by atomic mass is 9.98. The average Bonchev–Trinajstić information content (AvgIpc) is 2.78. The van der Waals surface area contributed by atoms with Crippen LogP contribution in [-0.4, -0.2) is 33.2 Å². The number of rotatable bonds is 8. The van der Waals surface area contributed by atoms with Crippen LogP contribution in [0.25, 0.3) is 0 Å². The van der Waals surface area contributed by atoms with Crippen molar-refractivity contribution in [1.29, 1.82) is 0 Å². The molecule has 5 heteroatoms. The molecule has 0 unspecified atom stereocenters. The summed E-state index contributed by atoms with van der Waals surface area (Å²) < 4.78 is 10.6. The van der Waals surface area contributed by atoms with Crippen LogP contribution in [0, 0.1) is 5.92 Å². The molecule has 0 radical (unpaired) electrons. The summed E-state index contributed by atoms with van der Waals surface area (Å²) in [5.74, 6) is 2.26. The van der Waals surface area contributed by atoms with Gasteiger partial charge in [-0.3, -0.25) is 4.79 Å². The number of carbonyl (C=O) groups excluding carboxylic acids is 1. The fourth-order valence-electron chi connectivity index (χ4n) is 3.93. The summed E-state index contributed by atoms with van der Waals surface area (Å²) in [7, 11) is 3.24. The highest BCUT2D eigenvalue weighted by Gasteiger charge is 2.16. The average molecular weight is 411 g/mol. The van der Waals surface area contributed by atoms with E-state index in [1.54, 1.807) is 14.2 Å². The Bertz CT molecular complexity index is 827. The molecule has 3 rings (SSSR count). The van der Waals surface area contributed by atoms with Crippen LogP contribution in [0.3, 0.4) is 0 Å². The van der Waals surface area contributed by atoms with Crippen molar-refractivity contribution in [2.75, 3.05) is 32.2 Å². The molecule has 0 saturated carbocycles. The Morgan fingerprint density at radius 2 is 1.73 bits per heavy atom. The second kappa shape index (κ2) is 10.4. The molecule has 0 aromatic heterocycles. The van der Waals surface area contributed by atoms with Crippen molar-refractivity contribution >= 4 is 11.6 Å². The molecule has 0 bridgehead atoms. The Kier molecular flexibility index (Phi) is 7.61. The van der Waals surface area contributed by atoms with Crippen molar-refractivity contribution in [3.63, 3.8) is 0 Å². The molecule has 2 aromatic rings. The van der Waals surface area contributed by atoms with Gasteiger partial charge in [-0.15, -0.1) is 0 Å². The number of piperidine rings is 1. The standard InChI is InChI=1S/C25H34N2O3/c1-18-13-15-27(16-14-18)22-9-7-21(8-10-22)19(2)26-25(28)12-6-20-5-11-23(29-3)24(17-20)30-4/h5,7-11,17-19H,6,12-16H2,1-4H3,(H,26,28)/t19-/m0/s1. The number of anilines is 1. The van der Waals surface area contributed by atoms with Crippen LogP contribution in [0.2, 0.25) is 0 Å². The number of amides is 1. The van der Waals surface area contributed by atoms with E-state index in [4.69, 9.17) is 9.47 Å². The minimum absolute atomic E-state index is 0.0154. The van der Waals surface area contributed by atoms with Gasteiger partial charge in [-0.2, -0.15) is 0 Å². The molecule has 1 aliphatic heterocycles. The summed E-state index contributed by atoms with van der Waals surface area (Å²) >= 11 is 0. The molecular formula is C25H34N2O3. The third-order valence-corrected chi connectivity index (χ3v) is 6.01. The first-order valence-electron chi connectivity index (χ1n) is 10.8. The molecular weight excluding hydrogens is 376 g/mol. The van der Waals surface area contributed by atoms with Crippen LogP contribution in [0.15, 0.2) is 42.5 Å². The molecule has 2 aromatic carbocycles. The Morgan fingerprint density at radius 3 is 2.37 bits per heavy atom. The van der Waals surface area contributed by atoms with Crippen molar-refractivity contribution in [3.05, 3.63) is 53.6 Å². The summed E-state index contributed by atoms with van der Waals surface area (Å²) in [6.45, 7) is 6.62. The number of carbonyl (C=O) groups is 1. The summed E-state index contributed by atoms with van der Waals surface area (Å²) in [6.07, 6.45) is 3.61. The first-order chi connectivity index (χ1) is 14.5. The van der Waals surface area contributed by atoms with E-state index in [2.05, 4.69) is 41.4 Å². The molecule has 1 heterocycles. The fourth-order valence-corrected chi connectivity index (χ4v) is 3.93. The van der Waals surface area contributed by atoms with Crippen LogP contribution in [0.1, 0.15) is 50.3 Å². The number of methoxy groups -OCH3 is 2. The van der Waals surface area contributed by atoms with Gasteiger partial charge in [0.25, 0.3) is 0 Å². The van der Waals surface area contributed by atoms with E-state index < -0.39 is 0 Å². The summed E-state index contributed by atoms with van der Waals surface area (Å²) in [6, 6.07) is 14.4. The quantitative estimate of drug-likeness (QED) is 0.682. The molecule has 5 nitrogen and oxygen atoms in total. The number of hydrogen-bond acceptors (Lipinski definition) is 4. The van der Waals surface area contributed by atoms with Gasteiger partial charge in [0.05, 0.1) is 20.3 Å². The highest BCUT2D eigenvalue weighted by Crippen LogP contribution is 2.28. The van der Waals surface area contributed by atoms with Crippen molar-refractivity contribution in [2.45, 2.75) is 45.6 Å². The normalized spacial score (nSPS) is 15.5. The maximum absolute atomic E-state index is 12.4. The minimum Gasteiger partial charge on any atom is -0.493 e. The molecule has 162 valence electrons. The molecule has 1 amide bonds. The van der Waals surface area contributed by atoms with E-state index in [1.165, 1.54) is 18.5 Å². The fraction of sp³-hybridized carbons (Fsp3) is 0.480. The number of nitrogens with zero attached hydrogens (tertiary/aromatic N) is 1. The van der Waals surface area contributed by atoms with E-state index in [0.717, 1.165) is 30.1 Å². The van der Waals surface area contributed by atoms with Gasteiger partial charge in [-0.05, 0) is 67.5 Å². The van der Waals surface area contributed by atoms with E-state index in [9.17, 15) is 4.79 Å². The first kappa shape index (κ1) is 22.0.